The molecule has 0 bridgehead atoms. The molecule has 2 aromatic carbocycles. The lowest BCUT2D eigenvalue weighted by atomic mass is 9.90. The summed E-state index contributed by atoms with van der Waals surface area (Å²) in [6, 6.07) is 9.80. The molecule has 2 aliphatic rings. The van der Waals surface area contributed by atoms with Crippen LogP contribution >= 0.6 is 11.6 Å². The number of morpholine rings is 1. The number of rotatable bonds is 5. The summed E-state index contributed by atoms with van der Waals surface area (Å²) in [5.74, 6) is -1.22. The second kappa shape index (κ2) is 10.4. The van der Waals surface area contributed by atoms with Crippen LogP contribution in [0.5, 0.6) is 0 Å². The van der Waals surface area contributed by atoms with Gasteiger partial charge in [-0.05, 0) is 55.0 Å². The molecular formula is C27H27ClFN3O4. The zero-order valence-electron chi connectivity index (χ0n) is 19.8. The quantitative estimate of drug-likeness (QED) is 0.413. The minimum atomic E-state index is -0.620. The zero-order valence-corrected chi connectivity index (χ0v) is 20.5. The number of hydrogen-bond acceptors (Lipinski definition) is 4. The maximum absolute atomic E-state index is 13.4. The Labute approximate surface area is 213 Å². The van der Waals surface area contributed by atoms with Gasteiger partial charge in [0, 0.05) is 43.3 Å². The molecule has 2 aliphatic heterocycles. The number of Topliss-reactive ketones (excluding diaryl/α,β-unsaturated/α-hetero) is 1. The van der Waals surface area contributed by atoms with Crippen LogP contribution in [0, 0.1) is 11.7 Å². The molecule has 3 aromatic rings. The first-order valence-electron chi connectivity index (χ1n) is 12.2. The molecule has 36 heavy (non-hydrogen) atoms. The van der Waals surface area contributed by atoms with Crippen LogP contribution in [0.2, 0.25) is 5.02 Å². The Kier molecular flexibility index (Phi) is 7.07. The number of halogens is 2. The van der Waals surface area contributed by atoms with Gasteiger partial charge in [0.15, 0.2) is 0 Å². The lowest BCUT2D eigenvalue weighted by Gasteiger charge is -2.32. The lowest BCUT2D eigenvalue weighted by Crippen LogP contribution is -2.44. The average molecular weight is 512 g/mol. The monoisotopic (exact) mass is 511 g/mol. The van der Waals surface area contributed by atoms with Gasteiger partial charge in [0.2, 0.25) is 0 Å². The Hall–Kier alpha value is -3.23. The number of ketones is 1. The molecule has 2 fully saturated rings. The fourth-order valence-corrected chi connectivity index (χ4v) is 5.23. The number of aromatic nitrogens is 1. The van der Waals surface area contributed by atoms with Crippen molar-refractivity contribution in [2.75, 3.05) is 39.4 Å². The van der Waals surface area contributed by atoms with Crippen molar-refractivity contribution in [1.82, 2.24) is 14.8 Å². The van der Waals surface area contributed by atoms with E-state index in [1.165, 1.54) is 23.2 Å². The summed E-state index contributed by atoms with van der Waals surface area (Å²) in [5, 5.41) is 0.793. The molecule has 2 saturated heterocycles. The van der Waals surface area contributed by atoms with E-state index in [0.717, 1.165) is 24.8 Å². The van der Waals surface area contributed by atoms with Gasteiger partial charge in [-0.3, -0.25) is 14.4 Å². The molecule has 0 unspecified atom stereocenters. The Morgan fingerprint density at radius 2 is 1.67 bits per heavy atom. The number of H-pyrrole nitrogens is 1. The number of nitrogens with zero attached hydrogens (tertiary/aromatic N) is 2. The molecule has 3 heterocycles. The van der Waals surface area contributed by atoms with E-state index in [1.54, 1.807) is 29.2 Å². The van der Waals surface area contributed by atoms with Crippen molar-refractivity contribution >= 4 is 40.1 Å². The molecule has 1 aromatic heterocycles. The average Bonchev–Trinajstić information content (AvgIpc) is 3.31. The lowest BCUT2D eigenvalue weighted by molar-refractivity contribution is -0.130. The molecule has 0 atom stereocenters. The fourth-order valence-electron chi connectivity index (χ4n) is 4.98. The largest absolute Gasteiger partial charge is 0.378 e. The summed E-state index contributed by atoms with van der Waals surface area (Å²) in [6.07, 6.45) is 4.02. The first-order valence-corrected chi connectivity index (χ1v) is 12.5. The van der Waals surface area contributed by atoms with Crippen LogP contribution in [0.25, 0.3) is 10.9 Å². The number of aromatic amines is 1. The summed E-state index contributed by atoms with van der Waals surface area (Å²) in [5.41, 5.74) is 2.22. The second-order valence-electron chi connectivity index (χ2n) is 9.38. The number of carbonyl (C=O) groups is 3. The number of hydrogen-bond donors (Lipinski definition) is 1. The predicted molar refractivity (Wildman–Crippen MR) is 134 cm³/mol. The number of ether oxygens (including phenoxy) is 1. The van der Waals surface area contributed by atoms with E-state index < -0.39 is 11.7 Å². The molecule has 0 spiro atoms. The highest BCUT2D eigenvalue weighted by molar-refractivity contribution is 6.45. The molecule has 7 nitrogen and oxygen atoms in total. The van der Waals surface area contributed by atoms with Crippen molar-refractivity contribution < 1.29 is 23.5 Å². The summed E-state index contributed by atoms with van der Waals surface area (Å²) < 4.78 is 18.4. The summed E-state index contributed by atoms with van der Waals surface area (Å²) in [7, 11) is 0. The first kappa shape index (κ1) is 24.5. The van der Waals surface area contributed by atoms with E-state index in [4.69, 9.17) is 16.3 Å². The highest BCUT2D eigenvalue weighted by atomic mass is 35.5. The van der Waals surface area contributed by atoms with Crippen LogP contribution in [0.4, 0.5) is 4.39 Å². The molecule has 5 rings (SSSR count). The number of piperidine rings is 1. The van der Waals surface area contributed by atoms with Crippen molar-refractivity contribution in [3.8, 4) is 0 Å². The summed E-state index contributed by atoms with van der Waals surface area (Å²) in [4.78, 5) is 45.4. The Bertz CT molecular complexity index is 1290. The van der Waals surface area contributed by atoms with Crippen LogP contribution in [0.1, 0.15) is 39.1 Å². The highest BCUT2D eigenvalue weighted by Crippen LogP contribution is 2.30. The van der Waals surface area contributed by atoms with E-state index in [0.29, 0.717) is 66.8 Å². The minimum absolute atomic E-state index is 0.193. The molecule has 188 valence electrons. The van der Waals surface area contributed by atoms with Crippen LogP contribution in [-0.2, 0) is 16.0 Å². The first-order chi connectivity index (χ1) is 17.4. The third-order valence-corrected chi connectivity index (χ3v) is 7.39. The van der Waals surface area contributed by atoms with Crippen LogP contribution in [-0.4, -0.2) is 71.8 Å². The zero-order chi connectivity index (χ0) is 25.2. The number of fused-ring (bicyclic) bond motifs is 1. The number of likely N-dealkylation sites (tertiary alicyclic amines) is 1. The van der Waals surface area contributed by atoms with Gasteiger partial charge in [0.05, 0.1) is 29.4 Å². The SMILES string of the molecule is O=C(C(=O)N1CCOCC1)c1c[nH]c2cc(Cl)c(C(=O)N3CCC(Cc4ccc(F)cc4)CC3)cc12. The van der Waals surface area contributed by atoms with Gasteiger partial charge in [-0.1, -0.05) is 23.7 Å². The van der Waals surface area contributed by atoms with Gasteiger partial charge in [-0.25, -0.2) is 4.39 Å². The normalized spacial score (nSPS) is 16.9. The maximum Gasteiger partial charge on any atom is 0.295 e. The van der Waals surface area contributed by atoms with E-state index in [2.05, 4.69) is 4.98 Å². The van der Waals surface area contributed by atoms with Gasteiger partial charge in [0.25, 0.3) is 17.6 Å². The maximum atomic E-state index is 13.4. The van der Waals surface area contributed by atoms with Gasteiger partial charge in [-0.15, -0.1) is 0 Å². The Balaban J connectivity index is 1.29. The minimum Gasteiger partial charge on any atom is -0.378 e. The van der Waals surface area contributed by atoms with E-state index in [-0.39, 0.29) is 17.3 Å². The molecule has 9 heteroatoms. The van der Waals surface area contributed by atoms with Crippen molar-refractivity contribution in [2.45, 2.75) is 19.3 Å². The highest BCUT2D eigenvalue weighted by Gasteiger charge is 2.29. The van der Waals surface area contributed by atoms with Crippen molar-refractivity contribution in [3.63, 3.8) is 0 Å². The second-order valence-corrected chi connectivity index (χ2v) is 9.79. The van der Waals surface area contributed by atoms with Crippen molar-refractivity contribution in [3.05, 3.63) is 70.1 Å². The third-order valence-electron chi connectivity index (χ3n) is 7.08. The smallest absolute Gasteiger partial charge is 0.295 e. The molecular weight excluding hydrogens is 485 g/mol. The standard InChI is InChI=1S/C27H27ClFN3O4/c28-23-15-24-20(22(16-30-24)25(33)27(35)32-9-11-36-12-10-32)14-21(23)26(34)31-7-5-18(6-8-31)13-17-1-3-19(29)4-2-17/h1-4,14-16,18,30H,5-13H2. The summed E-state index contributed by atoms with van der Waals surface area (Å²) in [6.45, 7) is 2.74. The topological polar surface area (TPSA) is 82.7 Å². The fraction of sp³-hybridized carbons (Fsp3) is 0.370. The van der Waals surface area contributed by atoms with E-state index >= 15 is 0 Å². The Morgan fingerprint density at radius 1 is 0.972 bits per heavy atom. The number of amides is 2. The molecule has 0 radical (unpaired) electrons. The molecule has 1 N–H and O–H groups in total. The Morgan fingerprint density at radius 3 is 2.36 bits per heavy atom. The van der Waals surface area contributed by atoms with Gasteiger partial charge in [0.1, 0.15) is 5.82 Å². The van der Waals surface area contributed by atoms with Gasteiger partial charge >= 0.3 is 0 Å². The number of carbonyl (C=O) groups excluding carboxylic acids is 3. The molecule has 0 aliphatic carbocycles. The molecule has 0 saturated carbocycles. The van der Waals surface area contributed by atoms with Gasteiger partial charge in [-0.2, -0.15) is 0 Å². The van der Waals surface area contributed by atoms with Crippen LogP contribution in [0.3, 0.4) is 0 Å². The molecule has 2 amide bonds. The predicted octanol–water partition coefficient (Wildman–Crippen LogP) is 4.10. The van der Waals surface area contributed by atoms with Crippen molar-refractivity contribution in [2.24, 2.45) is 5.92 Å². The van der Waals surface area contributed by atoms with Crippen LogP contribution < -0.4 is 0 Å². The van der Waals surface area contributed by atoms with E-state index in [9.17, 15) is 18.8 Å². The summed E-state index contributed by atoms with van der Waals surface area (Å²) >= 11 is 6.47. The van der Waals surface area contributed by atoms with Gasteiger partial charge < -0.3 is 19.5 Å². The van der Waals surface area contributed by atoms with Crippen LogP contribution in [0.15, 0.2) is 42.6 Å². The number of benzene rings is 2. The van der Waals surface area contributed by atoms with Crippen molar-refractivity contribution in [1.29, 1.82) is 0 Å². The number of nitrogens with one attached hydrogen (secondary N) is 1. The van der Waals surface area contributed by atoms with E-state index in [1.807, 2.05) is 0 Å². The third kappa shape index (κ3) is 5.01.